The second kappa shape index (κ2) is 5.96. The van der Waals surface area contributed by atoms with E-state index in [0.717, 1.165) is 6.20 Å². The number of hydrogen-bond donors (Lipinski definition) is 3. The van der Waals surface area contributed by atoms with Gasteiger partial charge in [-0.2, -0.15) is 4.98 Å². The summed E-state index contributed by atoms with van der Waals surface area (Å²) in [6.07, 6.45) is -0.202. The van der Waals surface area contributed by atoms with Crippen LogP contribution in [0.1, 0.15) is 6.92 Å². The molecule has 0 aliphatic carbocycles. The summed E-state index contributed by atoms with van der Waals surface area (Å²) in [6.45, 7) is 1.72. The minimum absolute atomic E-state index is 0.0564. The standard InChI is InChI=1S/C8H10ClN5O4/c1-4(12-8(15)16)2-10-6-5(14(17)18)3-11-7(9)13-6/h3-4,12H,2H2,1H3,(H,15,16)(H,10,11,13). The van der Waals surface area contributed by atoms with Crippen molar-refractivity contribution >= 4 is 29.2 Å². The van der Waals surface area contributed by atoms with Crippen LogP contribution in [-0.4, -0.2) is 38.7 Å². The van der Waals surface area contributed by atoms with Crippen LogP contribution < -0.4 is 10.6 Å². The molecule has 9 nitrogen and oxygen atoms in total. The summed E-state index contributed by atoms with van der Waals surface area (Å²) in [5.41, 5.74) is -0.332. The fourth-order valence-electron chi connectivity index (χ4n) is 1.13. The van der Waals surface area contributed by atoms with Crippen molar-refractivity contribution in [3.63, 3.8) is 0 Å². The number of halogens is 1. The first-order chi connectivity index (χ1) is 8.40. The highest BCUT2D eigenvalue weighted by Gasteiger charge is 2.17. The molecule has 0 saturated carbocycles. The molecular weight excluding hydrogens is 266 g/mol. The Balaban J connectivity index is 2.74. The lowest BCUT2D eigenvalue weighted by atomic mass is 10.3. The van der Waals surface area contributed by atoms with Crippen molar-refractivity contribution in [2.45, 2.75) is 13.0 Å². The van der Waals surface area contributed by atoms with E-state index in [2.05, 4.69) is 20.6 Å². The van der Waals surface area contributed by atoms with E-state index in [4.69, 9.17) is 16.7 Å². The first-order valence-corrected chi connectivity index (χ1v) is 5.18. The molecule has 0 aliphatic rings. The number of rotatable bonds is 5. The van der Waals surface area contributed by atoms with E-state index in [9.17, 15) is 14.9 Å². The first-order valence-electron chi connectivity index (χ1n) is 4.80. The summed E-state index contributed by atoms with van der Waals surface area (Å²) < 4.78 is 0. The third-order valence-electron chi connectivity index (χ3n) is 1.88. The first kappa shape index (κ1) is 13.9. The number of amides is 1. The number of carboxylic acid groups (broad SMARTS) is 1. The molecule has 1 aromatic heterocycles. The van der Waals surface area contributed by atoms with Crippen molar-refractivity contribution in [2.75, 3.05) is 11.9 Å². The Morgan fingerprint density at radius 1 is 1.72 bits per heavy atom. The molecule has 0 saturated heterocycles. The lowest BCUT2D eigenvalue weighted by molar-refractivity contribution is -0.384. The molecule has 3 N–H and O–H groups in total. The molecular formula is C8H10ClN5O4. The Morgan fingerprint density at radius 2 is 2.39 bits per heavy atom. The second-order valence-electron chi connectivity index (χ2n) is 3.36. The Labute approximate surface area is 106 Å². The van der Waals surface area contributed by atoms with Crippen molar-refractivity contribution in [1.82, 2.24) is 15.3 Å². The molecule has 18 heavy (non-hydrogen) atoms. The number of nitrogens with zero attached hydrogens (tertiary/aromatic N) is 3. The van der Waals surface area contributed by atoms with Crippen LogP contribution in [0.3, 0.4) is 0 Å². The van der Waals surface area contributed by atoms with Gasteiger partial charge in [-0.3, -0.25) is 10.1 Å². The summed E-state index contributed by atoms with van der Waals surface area (Å²) in [5, 5.41) is 23.8. The van der Waals surface area contributed by atoms with Crippen LogP contribution in [0.25, 0.3) is 0 Å². The van der Waals surface area contributed by atoms with Gasteiger partial charge in [0.25, 0.3) is 0 Å². The maximum Gasteiger partial charge on any atom is 0.404 e. The molecule has 1 unspecified atom stereocenters. The summed E-state index contributed by atoms with van der Waals surface area (Å²) >= 11 is 5.53. The van der Waals surface area contributed by atoms with Gasteiger partial charge in [-0.15, -0.1) is 0 Å². The zero-order chi connectivity index (χ0) is 13.7. The van der Waals surface area contributed by atoms with E-state index < -0.39 is 17.1 Å². The predicted molar refractivity (Wildman–Crippen MR) is 62.8 cm³/mol. The smallest absolute Gasteiger partial charge is 0.404 e. The molecule has 1 amide bonds. The quantitative estimate of drug-likeness (QED) is 0.417. The Kier molecular flexibility index (Phi) is 4.60. The van der Waals surface area contributed by atoms with E-state index in [-0.39, 0.29) is 23.3 Å². The van der Waals surface area contributed by atoms with E-state index in [1.54, 1.807) is 6.92 Å². The summed E-state index contributed by atoms with van der Waals surface area (Å²) in [6, 6.07) is -0.448. The molecule has 0 bridgehead atoms. The largest absolute Gasteiger partial charge is 0.465 e. The van der Waals surface area contributed by atoms with Crippen molar-refractivity contribution in [3.8, 4) is 0 Å². The van der Waals surface area contributed by atoms with Crippen molar-refractivity contribution < 1.29 is 14.8 Å². The van der Waals surface area contributed by atoms with Gasteiger partial charge in [-0.25, -0.2) is 9.78 Å². The molecule has 0 spiro atoms. The Hall–Kier alpha value is -2.16. The van der Waals surface area contributed by atoms with Crippen LogP contribution in [0, 0.1) is 10.1 Å². The van der Waals surface area contributed by atoms with Crippen molar-refractivity contribution in [2.24, 2.45) is 0 Å². The van der Waals surface area contributed by atoms with Gasteiger partial charge in [-0.05, 0) is 18.5 Å². The third kappa shape index (κ3) is 4.01. The lowest BCUT2D eigenvalue weighted by Gasteiger charge is -2.12. The van der Waals surface area contributed by atoms with Crippen LogP contribution in [-0.2, 0) is 0 Å². The highest BCUT2D eigenvalue weighted by molar-refractivity contribution is 6.28. The maximum atomic E-state index is 10.7. The van der Waals surface area contributed by atoms with Crippen molar-refractivity contribution in [1.29, 1.82) is 0 Å². The summed E-state index contributed by atoms with van der Waals surface area (Å²) in [5.74, 6) is -0.0564. The molecule has 1 atom stereocenters. The van der Waals surface area contributed by atoms with E-state index >= 15 is 0 Å². The average molecular weight is 276 g/mol. The van der Waals surface area contributed by atoms with Gasteiger partial charge in [0.2, 0.25) is 11.1 Å². The predicted octanol–water partition coefficient (Wildman–Crippen LogP) is 1.11. The van der Waals surface area contributed by atoms with Gasteiger partial charge >= 0.3 is 11.8 Å². The van der Waals surface area contributed by atoms with Crippen LogP contribution in [0.4, 0.5) is 16.3 Å². The molecule has 1 aromatic rings. The van der Waals surface area contributed by atoms with Crippen molar-refractivity contribution in [3.05, 3.63) is 21.6 Å². The average Bonchev–Trinajstić information content (AvgIpc) is 2.25. The highest BCUT2D eigenvalue weighted by Crippen LogP contribution is 2.21. The summed E-state index contributed by atoms with van der Waals surface area (Å²) in [4.78, 5) is 27.6. The van der Waals surface area contributed by atoms with Crippen LogP contribution in [0.5, 0.6) is 0 Å². The normalized spacial score (nSPS) is 11.7. The topological polar surface area (TPSA) is 130 Å². The highest BCUT2D eigenvalue weighted by atomic mass is 35.5. The minimum atomic E-state index is -1.18. The second-order valence-corrected chi connectivity index (χ2v) is 3.70. The lowest BCUT2D eigenvalue weighted by Crippen LogP contribution is -2.36. The van der Waals surface area contributed by atoms with Crippen LogP contribution in [0.15, 0.2) is 6.20 Å². The number of hydrogen-bond acceptors (Lipinski definition) is 6. The molecule has 0 aliphatic heterocycles. The Bertz CT molecular complexity index is 469. The molecule has 1 rings (SSSR count). The Morgan fingerprint density at radius 3 is 2.94 bits per heavy atom. The number of nitro groups is 1. The molecule has 1 heterocycles. The minimum Gasteiger partial charge on any atom is -0.465 e. The van der Waals surface area contributed by atoms with Gasteiger partial charge in [0.05, 0.1) is 4.92 Å². The fourth-order valence-corrected chi connectivity index (χ4v) is 1.26. The number of carbonyl (C=O) groups is 1. The molecule has 10 heteroatoms. The van der Waals surface area contributed by atoms with E-state index in [1.165, 1.54) is 0 Å². The molecule has 0 aromatic carbocycles. The SMILES string of the molecule is CC(CNc1nc(Cl)ncc1[N+](=O)[O-])NC(=O)O. The van der Waals surface area contributed by atoms with Crippen LogP contribution in [0.2, 0.25) is 5.28 Å². The third-order valence-corrected chi connectivity index (χ3v) is 2.06. The summed E-state index contributed by atoms with van der Waals surface area (Å²) in [7, 11) is 0. The fraction of sp³-hybridized carbons (Fsp3) is 0.375. The molecule has 98 valence electrons. The van der Waals surface area contributed by atoms with E-state index in [0.29, 0.717) is 0 Å². The van der Waals surface area contributed by atoms with E-state index in [1.807, 2.05) is 0 Å². The zero-order valence-electron chi connectivity index (χ0n) is 9.25. The monoisotopic (exact) mass is 275 g/mol. The van der Waals surface area contributed by atoms with Gasteiger partial charge in [0.1, 0.15) is 6.20 Å². The number of nitrogens with one attached hydrogen (secondary N) is 2. The number of aromatic nitrogens is 2. The maximum absolute atomic E-state index is 10.7. The van der Waals surface area contributed by atoms with Gasteiger partial charge in [-0.1, -0.05) is 0 Å². The van der Waals surface area contributed by atoms with Gasteiger partial charge < -0.3 is 15.7 Å². The zero-order valence-corrected chi connectivity index (χ0v) is 10.0. The van der Waals surface area contributed by atoms with Crippen LogP contribution >= 0.6 is 11.6 Å². The van der Waals surface area contributed by atoms with Gasteiger partial charge in [0, 0.05) is 12.6 Å². The molecule has 0 fully saturated rings. The molecule has 0 radical (unpaired) electrons. The number of anilines is 1. The van der Waals surface area contributed by atoms with Gasteiger partial charge in [0.15, 0.2) is 0 Å².